The Hall–Kier alpha value is -1.96. The molecule has 0 spiro atoms. The van der Waals surface area contributed by atoms with Gasteiger partial charge in [0.05, 0.1) is 29.7 Å². The first-order chi connectivity index (χ1) is 9.91. The Morgan fingerprint density at radius 2 is 2.14 bits per heavy atom. The zero-order valence-corrected chi connectivity index (χ0v) is 11.6. The molecule has 2 aromatic rings. The summed E-state index contributed by atoms with van der Waals surface area (Å²) in [6.07, 6.45) is -2.29. The van der Waals surface area contributed by atoms with E-state index in [1.165, 1.54) is 25.5 Å². The predicted molar refractivity (Wildman–Crippen MR) is 68.8 cm³/mol. The van der Waals surface area contributed by atoms with Gasteiger partial charge in [0, 0.05) is 6.20 Å². The molecule has 0 atom stereocenters. The van der Waals surface area contributed by atoms with E-state index in [4.69, 9.17) is 4.42 Å². The maximum absolute atomic E-state index is 12.4. The number of alkyl halides is 3. The van der Waals surface area contributed by atoms with Crippen molar-refractivity contribution < 1.29 is 27.1 Å². The second-order valence-electron chi connectivity index (χ2n) is 3.92. The molecule has 0 aliphatic rings. The standard InChI is InChI=1S/C13H10F3NO3S/c1-19-12(18)9-4-5-20-10(9)7-21-11-3-2-8(6-17-11)13(14,15)16/h2-6H,7H2,1H3. The van der Waals surface area contributed by atoms with Gasteiger partial charge in [-0.2, -0.15) is 13.2 Å². The Kier molecular flexibility index (Phi) is 4.56. The monoisotopic (exact) mass is 317 g/mol. The normalized spacial score (nSPS) is 11.4. The van der Waals surface area contributed by atoms with Gasteiger partial charge in [-0.15, -0.1) is 0 Å². The lowest BCUT2D eigenvalue weighted by Crippen LogP contribution is -2.05. The molecule has 2 rings (SSSR count). The number of pyridine rings is 1. The Morgan fingerprint density at radius 3 is 2.71 bits per heavy atom. The second kappa shape index (κ2) is 6.21. The van der Waals surface area contributed by atoms with Crippen LogP contribution in [-0.4, -0.2) is 18.1 Å². The number of methoxy groups -OCH3 is 1. The van der Waals surface area contributed by atoms with Crippen LogP contribution < -0.4 is 0 Å². The van der Waals surface area contributed by atoms with Crippen LogP contribution in [0.4, 0.5) is 13.2 Å². The summed E-state index contributed by atoms with van der Waals surface area (Å²) in [5, 5.41) is 0.398. The number of thioether (sulfide) groups is 1. The van der Waals surface area contributed by atoms with Crippen molar-refractivity contribution in [2.24, 2.45) is 0 Å². The van der Waals surface area contributed by atoms with E-state index in [1.807, 2.05) is 0 Å². The molecular weight excluding hydrogens is 307 g/mol. The number of esters is 1. The van der Waals surface area contributed by atoms with Crippen molar-refractivity contribution in [2.75, 3.05) is 7.11 Å². The molecule has 0 unspecified atom stereocenters. The Morgan fingerprint density at radius 1 is 1.38 bits per heavy atom. The smallest absolute Gasteiger partial charge is 0.417 e. The first-order valence-electron chi connectivity index (χ1n) is 5.72. The highest BCUT2D eigenvalue weighted by Gasteiger charge is 2.30. The summed E-state index contributed by atoms with van der Waals surface area (Å²) < 4.78 is 46.9. The molecule has 4 nitrogen and oxygen atoms in total. The third kappa shape index (κ3) is 3.78. The van der Waals surface area contributed by atoms with Crippen LogP contribution in [-0.2, 0) is 16.7 Å². The number of ether oxygens (including phenoxy) is 1. The van der Waals surface area contributed by atoms with Crippen LogP contribution in [0.1, 0.15) is 21.7 Å². The Bertz CT molecular complexity index is 622. The second-order valence-corrected chi connectivity index (χ2v) is 4.92. The predicted octanol–water partition coefficient (Wildman–Crippen LogP) is 3.77. The zero-order valence-electron chi connectivity index (χ0n) is 10.8. The molecule has 0 aliphatic carbocycles. The number of furan rings is 1. The van der Waals surface area contributed by atoms with Crippen LogP contribution in [0.3, 0.4) is 0 Å². The van der Waals surface area contributed by atoms with E-state index in [0.717, 1.165) is 24.0 Å². The lowest BCUT2D eigenvalue weighted by Gasteiger charge is -2.06. The summed E-state index contributed by atoms with van der Waals surface area (Å²) in [6, 6.07) is 3.70. The van der Waals surface area contributed by atoms with Crippen LogP contribution in [0.2, 0.25) is 0 Å². The van der Waals surface area contributed by atoms with Crippen molar-refractivity contribution in [3.63, 3.8) is 0 Å². The zero-order chi connectivity index (χ0) is 15.5. The fraction of sp³-hybridized carbons (Fsp3) is 0.231. The fourth-order valence-corrected chi connectivity index (χ4v) is 2.31. The maximum Gasteiger partial charge on any atom is 0.417 e. The van der Waals surface area contributed by atoms with Gasteiger partial charge in [-0.1, -0.05) is 11.8 Å². The molecule has 0 amide bonds. The summed E-state index contributed by atoms with van der Waals surface area (Å²) in [4.78, 5) is 15.2. The highest BCUT2D eigenvalue weighted by molar-refractivity contribution is 7.98. The van der Waals surface area contributed by atoms with Gasteiger partial charge in [-0.05, 0) is 18.2 Å². The number of rotatable bonds is 4. The largest absolute Gasteiger partial charge is 0.468 e. The molecule has 2 heterocycles. The number of halogens is 3. The van der Waals surface area contributed by atoms with E-state index in [-0.39, 0.29) is 11.3 Å². The maximum atomic E-state index is 12.4. The van der Waals surface area contributed by atoms with Crippen LogP contribution in [0.5, 0.6) is 0 Å². The number of aromatic nitrogens is 1. The third-order valence-corrected chi connectivity index (χ3v) is 3.51. The van der Waals surface area contributed by atoms with E-state index >= 15 is 0 Å². The summed E-state index contributed by atoms with van der Waals surface area (Å²) in [6.45, 7) is 0. The lowest BCUT2D eigenvalue weighted by atomic mass is 10.3. The van der Waals surface area contributed by atoms with Crippen molar-refractivity contribution in [1.82, 2.24) is 4.98 Å². The van der Waals surface area contributed by atoms with Gasteiger partial charge in [0.25, 0.3) is 0 Å². The number of hydrogen-bond acceptors (Lipinski definition) is 5. The van der Waals surface area contributed by atoms with E-state index in [1.54, 1.807) is 0 Å². The van der Waals surface area contributed by atoms with E-state index in [9.17, 15) is 18.0 Å². The molecule has 112 valence electrons. The number of carbonyl (C=O) groups excluding carboxylic acids is 1. The average Bonchev–Trinajstić information content (AvgIpc) is 2.92. The molecule has 0 fully saturated rings. The highest BCUT2D eigenvalue weighted by Crippen LogP contribution is 2.30. The first kappa shape index (κ1) is 15.4. The van der Waals surface area contributed by atoms with Gasteiger partial charge in [0.15, 0.2) is 0 Å². The fourth-order valence-electron chi connectivity index (χ4n) is 1.52. The van der Waals surface area contributed by atoms with Crippen molar-refractivity contribution in [2.45, 2.75) is 17.0 Å². The first-order valence-corrected chi connectivity index (χ1v) is 6.71. The Labute approximate surface area is 122 Å². The summed E-state index contributed by atoms with van der Waals surface area (Å²) in [5.41, 5.74) is -0.517. The molecule has 8 heteroatoms. The number of hydrogen-bond donors (Lipinski definition) is 0. The van der Waals surface area contributed by atoms with Crippen molar-refractivity contribution in [1.29, 1.82) is 0 Å². The van der Waals surface area contributed by atoms with Crippen LogP contribution in [0, 0.1) is 0 Å². The number of nitrogens with zero attached hydrogens (tertiary/aromatic N) is 1. The molecule has 0 saturated carbocycles. The van der Waals surface area contributed by atoms with E-state index in [0.29, 0.717) is 10.8 Å². The van der Waals surface area contributed by atoms with Crippen molar-refractivity contribution in [3.8, 4) is 0 Å². The summed E-state index contributed by atoms with van der Waals surface area (Å²) >= 11 is 1.16. The van der Waals surface area contributed by atoms with Gasteiger partial charge >= 0.3 is 12.1 Å². The number of carbonyl (C=O) groups is 1. The summed E-state index contributed by atoms with van der Waals surface area (Å²) in [5.74, 6) is 0.115. The molecule has 2 aromatic heterocycles. The molecule has 0 aliphatic heterocycles. The third-order valence-electron chi connectivity index (χ3n) is 2.57. The van der Waals surface area contributed by atoms with Gasteiger partial charge in [0.1, 0.15) is 11.3 Å². The Balaban J connectivity index is 2.04. The highest BCUT2D eigenvalue weighted by atomic mass is 32.2. The average molecular weight is 317 g/mol. The molecule has 21 heavy (non-hydrogen) atoms. The lowest BCUT2D eigenvalue weighted by molar-refractivity contribution is -0.137. The minimum absolute atomic E-state index is 0.260. The van der Waals surface area contributed by atoms with Crippen molar-refractivity contribution in [3.05, 3.63) is 47.5 Å². The van der Waals surface area contributed by atoms with Crippen LogP contribution in [0.15, 0.2) is 40.1 Å². The SMILES string of the molecule is COC(=O)c1ccoc1CSc1ccc(C(F)(F)F)cn1. The quantitative estimate of drug-likeness (QED) is 0.634. The molecule has 0 saturated heterocycles. The minimum atomic E-state index is -4.41. The van der Waals surface area contributed by atoms with Crippen molar-refractivity contribution >= 4 is 17.7 Å². The molecule has 0 bridgehead atoms. The van der Waals surface area contributed by atoms with Crippen LogP contribution in [0.25, 0.3) is 0 Å². The van der Waals surface area contributed by atoms with Crippen LogP contribution >= 0.6 is 11.8 Å². The van der Waals surface area contributed by atoms with E-state index in [2.05, 4.69) is 9.72 Å². The molecular formula is C13H10F3NO3S. The molecule has 0 aromatic carbocycles. The van der Waals surface area contributed by atoms with Gasteiger partial charge in [-0.25, -0.2) is 9.78 Å². The minimum Gasteiger partial charge on any atom is -0.468 e. The molecule has 0 radical (unpaired) electrons. The van der Waals surface area contributed by atoms with Gasteiger partial charge in [0.2, 0.25) is 0 Å². The summed E-state index contributed by atoms with van der Waals surface area (Å²) in [7, 11) is 1.25. The molecule has 0 N–H and O–H groups in total. The van der Waals surface area contributed by atoms with Gasteiger partial charge < -0.3 is 9.15 Å². The van der Waals surface area contributed by atoms with Gasteiger partial charge in [-0.3, -0.25) is 0 Å². The topological polar surface area (TPSA) is 52.3 Å². The van der Waals surface area contributed by atoms with E-state index < -0.39 is 17.7 Å².